The normalized spacial score (nSPS) is 13.8. The van der Waals surface area contributed by atoms with Gasteiger partial charge in [0.25, 0.3) is 0 Å². The van der Waals surface area contributed by atoms with Crippen molar-refractivity contribution in [3.05, 3.63) is 65.0 Å². The molecule has 0 aliphatic carbocycles. The van der Waals surface area contributed by atoms with E-state index in [0.29, 0.717) is 6.42 Å². The summed E-state index contributed by atoms with van der Waals surface area (Å²) in [6.45, 7) is 20.9. The molecule has 0 fully saturated rings. The van der Waals surface area contributed by atoms with E-state index in [9.17, 15) is 34.8 Å². The number of hydrogen-bond acceptors (Lipinski definition) is 4. The third kappa shape index (κ3) is 24.1. The first-order chi connectivity index (χ1) is 21.4. The van der Waals surface area contributed by atoms with Crippen molar-refractivity contribution in [1.82, 2.24) is 14.7 Å². The second-order valence-electron chi connectivity index (χ2n) is 11.9. The smallest absolute Gasteiger partial charge is 0.343 e. The topological polar surface area (TPSA) is 84.3 Å². The predicted molar refractivity (Wildman–Crippen MR) is 186 cm³/mol. The fourth-order valence-electron chi connectivity index (χ4n) is 2.64. The summed E-state index contributed by atoms with van der Waals surface area (Å²) in [5.41, 5.74) is -1.54. The first-order valence-electron chi connectivity index (χ1n) is 15.1. The van der Waals surface area contributed by atoms with Gasteiger partial charge in [0, 0.05) is 6.21 Å². The second-order valence-corrected chi connectivity index (χ2v) is 16.7. The van der Waals surface area contributed by atoms with Crippen LogP contribution in [0.1, 0.15) is 124 Å². The number of nitrogens with one attached hydrogen (secondary N) is 1. The molecule has 1 N–H and O–H groups in total. The standard InChI is InChI=1S/C14H21F3N2OS.C8H17NOS.C6H3BrF3N.C4H9.Li/c1-5-7-11(19-21(20)13(2,3)4)10-8-6-9-12(18-10)14(15,16)17;1-5-6-7-9-11(10)8(2,3)4;7-5-3-1-2-4(11-5)6(8,9)10;1-3-4-2;/h6,8-9,11,19H,5,7H2,1-4H3;7H,5-6H2,1-4H3;1-3H;1,3-4H2,2H3;/q;;;-1;+1/t11-,21-;11-;;;/m00.../s1. The van der Waals surface area contributed by atoms with Gasteiger partial charge in [-0.25, -0.2) is 23.1 Å². The summed E-state index contributed by atoms with van der Waals surface area (Å²) < 4.78 is 104. The molecule has 0 bridgehead atoms. The van der Waals surface area contributed by atoms with Crippen LogP contribution in [0.2, 0.25) is 0 Å². The Morgan fingerprint density at radius 1 is 0.833 bits per heavy atom. The van der Waals surface area contributed by atoms with E-state index >= 15 is 0 Å². The van der Waals surface area contributed by atoms with Gasteiger partial charge < -0.3 is 6.92 Å². The van der Waals surface area contributed by atoms with Crippen LogP contribution in [0.5, 0.6) is 0 Å². The van der Waals surface area contributed by atoms with E-state index in [4.69, 9.17) is 0 Å². The quantitative estimate of drug-likeness (QED) is 0.0925. The minimum absolute atomic E-state index is 0. The van der Waals surface area contributed by atoms with E-state index in [-0.39, 0.29) is 33.9 Å². The maximum atomic E-state index is 12.7. The Hall–Kier alpha value is -1.11. The molecule has 2 heterocycles. The summed E-state index contributed by atoms with van der Waals surface area (Å²) in [5.74, 6) is 0. The number of hydrogen-bond donors (Lipinski definition) is 1. The minimum Gasteiger partial charge on any atom is -0.343 e. The Morgan fingerprint density at radius 3 is 1.67 bits per heavy atom. The summed E-state index contributed by atoms with van der Waals surface area (Å²) in [6.07, 6.45) is -1.51. The molecular weight excluding hydrogens is 737 g/mol. The van der Waals surface area contributed by atoms with Crippen molar-refractivity contribution in [2.24, 2.45) is 4.40 Å². The van der Waals surface area contributed by atoms with E-state index in [1.807, 2.05) is 27.7 Å². The number of pyridine rings is 2. The van der Waals surface area contributed by atoms with Crippen molar-refractivity contribution in [3.63, 3.8) is 0 Å². The summed E-state index contributed by atoms with van der Waals surface area (Å²) >= 11 is 2.84. The van der Waals surface area contributed by atoms with Crippen molar-refractivity contribution in [1.29, 1.82) is 0 Å². The van der Waals surface area contributed by atoms with Crippen LogP contribution in [0.15, 0.2) is 45.4 Å². The van der Waals surface area contributed by atoms with Gasteiger partial charge in [-0.1, -0.05) is 52.2 Å². The maximum absolute atomic E-state index is 12.7. The zero-order valence-electron chi connectivity index (χ0n) is 29.7. The molecule has 0 spiro atoms. The molecule has 16 heteroatoms. The molecule has 2 rings (SSSR count). The molecular formula is C32H50BrF6LiN4O2S2. The van der Waals surface area contributed by atoms with E-state index in [2.05, 4.69) is 55.8 Å². The molecule has 0 saturated carbocycles. The molecule has 0 amide bonds. The Balaban J connectivity index is -0.000000636. The maximum Gasteiger partial charge on any atom is 1.00 e. The monoisotopic (exact) mass is 786 g/mol. The minimum atomic E-state index is -4.48. The van der Waals surface area contributed by atoms with Gasteiger partial charge in [0.05, 0.1) is 32.2 Å². The first kappa shape index (κ1) is 51.3. The zero-order chi connectivity index (χ0) is 37.1. The van der Waals surface area contributed by atoms with Crippen molar-refractivity contribution >= 4 is 44.1 Å². The number of aromatic nitrogens is 2. The van der Waals surface area contributed by atoms with Gasteiger partial charge in [0.15, 0.2) is 0 Å². The zero-order valence-corrected chi connectivity index (χ0v) is 32.9. The van der Waals surface area contributed by atoms with Crippen LogP contribution in [-0.4, -0.2) is 34.1 Å². The van der Waals surface area contributed by atoms with Crippen molar-refractivity contribution in [2.45, 2.75) is 129 Å². The Morgan fingerprint density at radius 2 is 1.31 bits per heavy atom. The van der Waals surface area contributed by atoms with Crippen LogP contribution < -0.4 is 23.6 Å². The molecule has 6 nitrogen and oxygen atoms in total. The Labute approximate surface area is 309 Å². The van der Waals surface area contributed by atoms with E-state index < -0.39 is 56.5 Å². The van der Waals surface area contributed by atoms with Gasteiger partial charge in [-0.05, 0) is 94.6 Å². The molecule has 2 aromatic rings. The van der Waals surface area contributed by atoms with E-state index in [1.54, 1.807) is 27.0 Å². The van der Waals surface area contributed by atoms with Crippen molar-refractivity contribution < 1.29 is 53.6 Å². The van der Waals surface area contributed by atoms with Crippen LogP contribution in [-0.2, 0) is 34.3 Å². The van der Waals surface area contributed by atoms with E-state index in [1.165, 1.54) is 30.7 Å². The van der Waals surface area contributed by atoms with Crippen molar-refractivity contribution in [3.8, 4) is 0 Å². The number of halogens is 7. The molecule has 48 heavy (non-hydrogen) atoms. The molecule has 0 aliphatic rings. The predicted octanol–water partition coefficient (Wildman–Crippen LogP) is 7.80. The fraction of sp³-hybridized carbons (Fsp3) is 0.625. The summed E-state index contributed by atoms with van der Waals surface area (Å²) in [5, 5.41) is 0. The summed E-state index contributed by atoms with van der Waals surface area (Å²) in [4.78, 5) is 6.91. The number of unbranched alkanes of at least 4 members (excludes halogenated alkanes) is 2. The molecule has 0 radical (unpaired) electrons. The van der Waals surface area contributed by atoms with Gasteiger partial charge in [-0.15, -0.1) is 0 Å². The molecule has 0 aliphatic heterocycles. The Bertz CT molecular complexity index is 1240. The van der Waals surface area contributed by atoms with Gasteiger partial charge >= 0.3 is 31.2 Å². The molecule has 0 saturated heterocycles. The molecule has 2 aromatic heterocycles. The van der Waals surface area contributed by atoms with Crippen LogP contribution in [0.4, 0.5) is 26.3 Å². The second kappa shape index (κ2) is 24.9. The third-order valence-electron chi connectivity index (χ3n) is 5.27. The van der Waals surface area contributed by atoms with Gasteiger partial charge in [0.2, 0.25) is 0 Å². The van der Waals surface area contributed by atoms with Gasteiger partial charge in [-0.2, -0.15) is 37.2 Å². The molecule has 3 atom stereocenters. The van der Waals surface area contributed by atoms with Crippen LogP contribution >= 0.6 is 15.9 Å². The Kier molecular flexibility index (Phi) is 26.6. The van der Waals surface area contributed by atoms with Crippen LogP contribution in [0.25, 0.3) is 0 Å². The average Bonchev–Trinajstić information content (AvgIpc) is 2.96. The van der Waals surface area contributed by atoms with Gasteiger partial charge in [-0.3, -0.25) is 0 Å². The molecule has 0 aromatic carbocycles. The van der Waals surface area contributed by atoms with Crippen LogP contribution in [0, 0.1) is 6.92 Å². The number of alkyl halides is 6. The molecule has 0 unspecified atom stereocenters. The van der Waals surface area contributed by atoms with E-state index in [0.717, 1.165) is 37.8 Å². The fourth-order valence-corrected chi connectivity index (χ4v) is 4.39. The van der Waals surface area contributed by atoms with Crippen LogP contribution in [0.3, 0.4) is 0 Å². The summed E-state index contributed by atoms with van der Waals surface area (Å²) in [6, 6.07) is 6.99. The number of nitrogens with zero attached hydrogens (tertiary/aromatic N) is 3. The largest absolute Gasteiger partial charge is 1.00 e. The van der Waals surface area contributed by atoms with Gasteiger partial charge in [0.1, 0.15) is 27.0 Å². The summed E-state index contributed by atoms with van der Waals surface area (Å²) in [7, 11) is -2.44. The average molecular weight is 788 g/mol. The SMILES string of the molecule is CCCC=N[S@@](=O)C(C)(C)C.CCC[C@H](N[S@@](=O)C(C)(C)C)c1cccc(C(F)(F)F)n1.FC(F)(F)c1cccc(Br)n1.[CH2-]CCC.[Li+]. The number of rotatable bonds is 9. The third-order valence-corrected chi connectivity index (χ3v) is 8.71. The molecule has 272 valence electrons. The van der Waals surface area contributed by atoms with Crippen molar-refractivity contribution in [2.75, 3.05) is 0 Å². The first-order valence-corrected chi connectivity index (χ1v) is 18.2.